The Kier molecular flexibility index (Phi) is 8.07. The third kappa shape index (κ3) is 6.03. The highest BCUT2D eigenvalue weighted by Gasteiger charge is 2.28. The van der Waals surface area contributed by atoms with Crippen LogP contribution < -0.4 is 5.32 Å². The molecule has 2 fully saturated rings. The lowest BCUT2D eigenvalue weighted by Gasteiger charge is -2.26. The van der Waals surface area contributed by atoms with E-state index in [1.54, 1.807) is 30.5 Å². The van der Waals surface area contributed by atoms with Crippen LogP contribution in [0.4, 0.5) is 10.3 Å². The van der Waals surface area contributed by atoms with Gasteiger partial charge in [0.1, 0.15) is 6.17 Å². The zero-order valence-electron chi connectivity index (χ0n) is 23.0. The van der Waals surface area contributed by atoms with Gasteiger partial charge in [-0.2, -0.15) is 0 Å². The Balaban J connectivity index is 1.55. The Bertz CT molecular complexity index is 1400. The van der Waals surface area contributed by atoms with Crippen molar-refractivity contribution < 1.29 is 14.0 Å². The molecule has 0 bridgehead atoms. The smallest absolute Gasteiger partial charge is 0.258 e. The van der Waals surface area contributed by atoms with Crippen molar-refractivity contribution in [1.29, 1.82) is 0 Å². The van der Waals surface area contributed by atoms with E-state index in [4.69, 9.17) is 4.98 Å². The minimum absolute atomic E-state index is 0.00227. The van der Waals surface area contributed by atoms with Gasteiger partial charge in [0, 0.05) is 50.2 Å². The first-order valence-corrected chi connectivity index (χ1v) is 13.9. The third-order valence-electron chi connectivity index (χ3n) is 7.67. The predicted molar refractivity (Wildman–Crippen MR) is 150 cm³/mol. The Hall–Kier alpha value is -3.59. The Morgan fingerprint density at radius 3 is 2.72 bits per heavy atom. The summed E-state index contributed by atoms with van der Waals surface area (Å²) in [4.78, 5) is 39.3. The van der Waals surface area contributed by atoms with Crippen molar-refractivity contribution in [3.63, 3.8) is 0 Å². The first-order chi connectivity index (χ1) is 18.8. The van der Waals surface area contributed by atoms with Crippen LogP contribution in [0.15, 0.2) is 42.6 Å². The number of amides is 2. The number of allylic oxidation sites excluding steroid dienone is 1. The summed E-state index contributed by atoms with van der Waals surface area (Å²) >= 11 is 0. The van der Waals surface area contributed by atoms with E-state index in [0.717, 1.165) is 53.7 Å². The summed E-state index contributed by atoms with van der Waals surface area (Å²) in [6.45, 7) is 8.87. The van der Waals surface area contributed by atoms with E-state index >= 15 is 0 Å². The fraction of sp³-hybridized carbons (Fsp3) is 0.467. The molecule has 0 spiro atoms. The second-order valence-corrected chi connectivity index (χ2v) is 10.8. The van der Waals surface area contributed by atoms with Gasteiger partial charge in [-0.25, -0.2) is 9.37 Å². The van der Waals surface area contributed by atoms with E-state index in [-0.39, 0.29) is 17.9 Å². The number of aryl methyl sites for hydroxylation is 2. The summed E-state index contributed by atoms with van der Waals surface area (Å²) in [6.07, 6.45) is 7.58. The molecule has 3 aromatic rings. The van der Waals surface area contributed by atoms with Gasteiger partial charge < -0.3 is 9.47 Å². The molecule has 1 aromatic carbocycles. The minimum atomic E-state index is -0.767. The maximum absolute atomic E-state index is 13.8. The van der Waals surface area contributed by atoms with Crippen LogP contribution in [0.2, 0.25) is 0 Å². The molecule has 2 atom stereocenters. The molecule has 8 nitrogen and oxygen atoms in total. The van der Waals surface area contributed by atoms with Crippen LogP contribution in [-0.2, 0) is 11.3 Å². The molecule has 0 saturated carbocycles. The quantitative estimate of drug-likeness (QED) is 0.453. The lowest BCUT2D eigenvalue weighted by Crippen LogP contribution is -2.34. The average molecular weight is 533 g/mol. The largest absolute Gasteiger partial charge is 0.337 e. The number of nitrogens with zero attached hydrogens (tertiary/aromatic N) is 5. The van der Waals surface area contributed by atoms with E-state index in [9.17, 15) is 14.0 Å². The highest BCUT2D eigenvalue weighted by molar-refractivity contribution is 6.04. The maximum atomic E-state index is 13.8. The normalized spacial score (nSPS) is 20.6. The summed E-state index contributed by atoms with van der Waals surface area (Å²) in [7, 11) is 0. The number of fused-ring (bicyclic) bond motifs is 1. The van der Waals surface area contributed by atoms with E-state index in [2.05, 4.69) is 38.8 Å². The number of anilines is 1. The van der Waals surface area contributed by atoms with E-state index in [0.29, 0.717) is 44.1 Å². The van der Waals surface area contributed by atoms with Gasteiger partial charge in [0.15, 0.2) is 0 Å². The minimum Gasteiger partial charge on any atom is -0.337 e. The zero-order chi connectivity index (χ0) is 27.5. The molecule has 9 heteroatoms. The van der Waals surface area contributed by atoms with Crippen LogP contribution in [0.5, 0.6) is 0 Å². The van der Waals surface area contributed by atoms with Crippen LogP contribution >= 0.6 is 0 Å². The number of benzene rings is 1. The molecule has 2 aromatic heterocycles. The zero-order valence-corrected chi connectivity index (χ0v) is 23.0. The number of aromatic nitrogens is 3. The number of hydrogen-bond donors (Lipinski definition) is 1. The second kappa shape index (κ2) is 11.7. The van der Waals surface area contributed by atoms with Gasteiger partial charge in [-0.3, -0.25) is 24.8 Å². The van der Waals surface area contributed by atoms with Gasteiger partial charge >= 0.3 is 0 Å². The van der Waals surface area contributed by atoms with Crippen molar-refractivity contribution >= 4 is 28.8 Å². The van der Waals surface area contributed by atoms with Gasteiger partial charge in [0.05, 0.1) is 17.1 Å². The molecule has 2 saturated heterocycles. The number of hydrogen-bond acceptors (Lipinski definition) is 5. The van der Waals surface area contributed by atoms with Gasteiger partial charge in [0.25, 0.3) is 5.91 Å². The first kappa shape index (κ1) is 27.0. The standard InChI is InChI=1S/C30H37FN6O2/c1-4-7-27(38)36-12-6-5-8-25(19-36)37-28-20(2)14-22(17-35-13-10-24(31)18-35)16-26(28)33-30(37)34-29(39)23-9-11-32-21(3)15-23/h4,7,9,11,14-16,24-25H,5-6,8,10,12-13,17-19H2,1-3H3,(H,33,34,39)/b7-4+/t24-,25+/m0/s1. The van der Waals surface area contributed by atoms with Crippen LogP contribution in [0.3, 0.4) is 0 Å². The Morgan fingerprint density at radius 2 is 1.97 bits per heavy atom. The highest BCUT2D eigenvalue weighted by atomic mass is 19.1. The molecular weight excluding hydrogens is 495 g/mol. The number of imidazole rings is 1. The summed E-state index contributed by atoms with van der Waals surface area (Å²) < 4.78 is 15.9. The lowest BCUT2D eigenvalue weighted by molar-refractivity contribution is -0.126. The number of nitrogens with one attached hydrogen (secondary N) is 1. The highest BCUT2D eigenvalue weighted by Crippen LogP contribution is 2.33. The summed E-state index contributed by atoms with van der Waals surface area (Å²) in [6, 6.07) is 7.59. The second-order valence-electron chi connectivity index (χ2n) is 10.8. The summed E-state index contributed by atoms with van der Waals surface area (Å²) in [5.41, 5.74) is 5.14. The molecule has 2 amide bonds. The van der Waals surface area contributed by atoms with Crippen molar-refractivity contribution in [2.45, 2.75) is 65.2 Å². The van der Waals surface area contributed by atoms with Crippen molar-refractivity contribution in [3.8, 4) is 0 Å². The Labute approximate surface area is 228 Å². The number of likely N-dealkylation sites (tertiary alicyclic amines) is 2. The summed E-state index contributed by atoms with van der Waals surface area (Å²) in [5.74, 6) is 0.221. The predicted octanol–water partition coefficient (Wildman–Crippen LogP) is 4.97. The molecule has 1 N–H and O–H groups in total. The maximum Gasteiger partial charge on any atom is 0.258 e. The van der Waals surface area contributed by atoms with Crippen molar-refractivity contribution in [2.75, 3.05) is 31.5 Å². The topological polar surface area (TPSA) is 83.4 Å². The molecular formula is C30H37FN6O2. The van der Waals surface area contributed by atoms with Crippen LogP contribution in [0.25, 0.3) is 11.0 Å². The number of pyridine rings is 1. The van der Waals surface area contributed by atoms with Gasteiger partial charge in [0.2, 0.25) is 11.9 Å². The SMILES string of the molecule is C/C=C/C(=O)N1CCCC[C@@H](n2c(NC(=O)c3ccnc(C)c3)nc3cc(CN4CC[C@H](F)C4)cc(C)c32)C1. The van der Waals surface area contributed by atoms with Crippen LogP contribution in [0, 0.1) is 13.8 Å². The van der Waals surface area contributed by atoms with E-state index < -0.39 is 6.17 Å². The molecule has 0 radical (unpaired) electrons. The number of rotatable bonds is 6. The van der Waals surface area contributed by atoms with E-state index in [1.807, 2.05) is 18.7 Å². The molecule has 0 aliphatic carbocycles. The molecule has 2 aliphatic heterocycles. The summed E-state index contributed by atoms with van der Waals surface area (Å²) in [5, 5.41) is 3.06. The molecule has 5 rings (SSSR count). The molecule has 0 unspecified atom stereocenters. The fourth-order valence-corrected chi connectivity index (χ4v) is 5.87. The van der Waals surface area contributed by atoms with Gasteiger partial charge in [-0.1, -0.05) is 12.1 Å². The fourth-order valence-electron chi connectivity index (χ4n) is 5.87. The number of carbonyl (C=O) groups is 2. The molecule has 39 heavy (non-hydrogen) atoms. The number of carbonyl (C=O) groups excluding carboxylic acids is 2. The molecule has 2 aliphatic rings. The van der Waals surface area contributed by atoms with E-state index in [1.165, 1.54) is 0 Å². The first-order valence-electron chi connectivity index (χ1n) is 13.9. The molecule has 206 valence electrons. The van der Waals surface area contributed by atoms with Crippen LogP contribution in [0.1, 0.15) is 65.8 Å². The monoisotopic (exact) mass is 532 g/mol. The average Bonchev–Trinajstić information content (AvgIpc) is 3.37. The Morgan fingerprint density at radius 1 is 1.13 bits per heavy atom. The molecule has 4 heterocycles. The van der Waals surface area contributed by atoms with Gasteiger partial charge in [-0.05, 0) is 81.9 Å². The van der Waals surface area contributed by atoms with Crippen molar-refractivity contribution in [2.24, 2.45) is 0 Å². The third-order valence-corrected chi connectivity index (χ3v) is 7.67. The number of alkyl halides is 1. The van der Waals surface area contributed by atoms with Gasteiger partial charge in [-0.15, -0.1) is 0 Å². The van der Waals surface area contributed by atoms with Crippen molar-refractivity contribution in [1.82, 2.24) is 24.3 Å². The lowest BCUT2D eigenvalue weighted by atomic mass is 10.1. The van der Waals surface area contributed by atoms with Crippen LogP contribution in [-0.4, -0.2) is 68.5 Å². The number of halogens is 1. The van der Waals surface area contributed by atoms with Crippen molar-refractivity contribution in [3.05, 3.63) is 65.0 Å².